The minimum atomic E-state index is -0.306. The summed E-state index contributed by atoms with van der Waals surface area (Å²) in [5.41, 5.74) is 0.968. The fourth-order valence-corrected chi connectivity index (χ4v) is 2.41. The van der Waals surface area contributed by atoms with Crippen molar-refractivity contribution in [2.24, 2.45) is 5.92 Å². The largest absolute Gasteiger partial charge is 0.384 e. The first-order valence-corrected chi connectivity index (χ1v) is 6.18. The molecule has 1 aliphatic heterocycles. The number of rotatable bonds is 3. The van der Waals surface area contributed by atoms with Gasteiger partial charge in [-0.2, -0.15) is 5.26 Å². The normalized spacial score (nSPS) is 16.6. The van der Waals surface area contributed by atoms with Crippen LogP contribution in [0.2, 0.25) is 0 Å². The number of nitrogens with zero attached hydrogens (tertiary/aromatic N) is 2. The summed E-state index contributed by atoms with van der Waals surface area (Å²) in [6.45, 7) is 2.47. The maximum atomic E-state index is 13.8. The molecule has 0 N–H and O–H groups in total. The molecule has 0 saturated carbocycles. The highest BCUT2D eigenvalue weighted by molar-refractivity contribution is 5.51. The molecular weight excluding hydrogens is 231 g/mol. The molecule has 1 fully saturated rings. The highest BCUT2D eigenvalue weighted by Gasteiger charge is 2.21. The summed E-state index contributed by atoms with van der Waals surface area (Å²) in [4.78, 5) is 2.04. The standard InChI is InChI=1S/C14H17FN2O/c1-18-10-11-4-6-17(7-5-11)14-3-2-12(9-16)8-13(14)15/h2-3,8,11H,4-7,10H2,1H3. The molecule has 3 nitrogen and oxygen atoms in total. The van der Waals surface area contributed by atoms with Crippen LogP contribution in [0, 0.1) is 23.1 Å². The molecule has 1 aromatic carbocycles. The van der Waals surface area contributed by atoms with Gasteiger partial charge in [-0.05, 0) is 37.0 Å². The predicted molar refractivity (Wildman–Crippen MR) is 67.9 cm³/mol. The Kier molecular flexibility index (Phi) is 4.16. The molecule has 2 rings (SSSR count). The highest BCUT2D eigenvalue weighted by atomic mass is 19.1. The van der Waals surface area contributed by atoms with Crippen LogP contribution in [0.1, 0.15) is 18.4 Å². The molecular formula is C14H17FN2O. The van der Waals surface area contributed by atoms with Crippen molar-refractivity contribution in [3.63, 3.8) is 0 Å². The van der Waals surface area contributed by atoms with E-state index in [0.717, 1.165) is 32.5 Å². The van der Waals surface area contributed by atoms with Gasteiger partial charge >= 0.3 is 0 Å². The van der Waals surface area contributed by atoms with E-state index >= 15 is 0 Å². The molecule has 1 heterocycles. The van der Waals surface area contributed by atoms with Crippen molar-refractivity contribution in [1.29, 1.82) is 5.26 Å². The number of halogens is 1. The zero-order valence-electron chi connectivity index (χ0n) is 10.5. The van der Waals surface area contributed by atoms with Gasteiger partial charge in [-0.25, -0.2) is 4.39 Å². The number of benzene rings is 1. The van der Waals surface area contributed by atoms with Gasteiger partial charge in [0.1, 0.15) is 5.82 Å². The minimum absolute atomic E-state index is 0.306. The van der Waals surface area contributed by atoms with Gasteiger partial charge in [0.15, 0.2) is 0 Å². The van der Waals surface area contributed by atoms with Gasteiger partial charge in [-0.15, -0.1) is 0 Å². The molecule has 1 aromatic rings. The Morgan fingerprint density at radius 3 is 2.72 bits per heavy atom. The molecule has 0 aliphatic carbocycles. The van der Waals surface area contributed by atoms with Gasteiger partial charge in [0.05, 0.1) is 17.3 Å². The maximum Gasteiger partial charge on any atom is 0.147 e. The molecule has 0 amide bonds. The van der Waals surface area contributed by atoms with Crippen LogP contribution in [0.4, 0.5) is 10.1 Å². The lowest BCUT2D eigenvalue weighted by molar-refractivity contribution is 0.139. The van der Waals surface area contributed by atoms with Gasteiger partial charge in [0.2, 0.25) is 0 Å². The van der Waals surface area contributed by atoms with Crippen LogP contribution >= 0.6 is 0 Å². The average molecular weight is 248 g/mol. The molecule has 1 aliphatic rings. The molecule has 0 atom stereocenters. The zero-order valence-corrected chi connectivity index (χ0v) is 10.5. The van der Waals surface area contributed by atoms with Crippen molar-refractivity contribution < 1.29 is 9.13 Å². The molecule has 4 heteroatoms. The first-order chi connectivity index (χ1) is 8.74. The van der Waals surface area contributed by atoms with Crippen LogP contribution in [0.3, 0.4) is 0 Å². The third-order valence-electron chi connectivity index (χ3n) is 3.43. The monoisotopic (exact) mass is 248 g/mol. The van der Waals surface area contributed by atoms with Crippen LogP contribution in [0.15, 0.2) is 18.2 Å². The molecule has 1 saturated heterocycles. The van der Waals surface area contributed by atoms with Crippen LogP contribution in [-0.4, -0.2) is 26.8 Å². The summed E-state index contributed by atoms with van der Waals surface area (Å²) in [6.07, 6.45) is 2.04. The maximum absolute atomic E-state index is 13.8. The van der Waals surface area contributed by atoms with E-state index in [0.29, 0.717) is 17.2 Å². The number of anilines is 1. The number of hydrogen-bond acceptors (Lipinski definition) is 3. The number of piperidine rings is 1. The Labute approximate surface area is 107 Å². The molecule has 0 unspecified atom stereocenters. The van der Waals surface area contributed by atoms with E-state index in [1.165, 1.54) is 6.07 Å². The second-order valence-electron chi connectivity index (χ2n) is 4.66. The Morgan fingerprint density at radius 2 is 2.17 bits per heavy atom. The Morgan fingerprint density at radius 1 is 1.44 bits per heavy atom. The summed E-state index contributed by atoms with van der Waals surface area (Å²) in [5, 5.41) is 8.71. The second-order valence-corrected chi connectivity index (χ2v) is 4.66. The number of hydrogen-bond donors (Lipinski definition) is 0. The number of methoxy groups -OCH3 is 1. The van der Waals surface area contributed by atoms with Gasteiger partial charge in [-0.1, -0.05) is 0 Å². The first kappa shape index (κ1) is 12.8. The van der Waals surface area contributed by atoms with E-state index in [9.17, 15) is 4.39 Å². The van der Waals surface area contributed by atoms with E-state index in [4.69, 9.17) is 10.00 Å². The summed E-state index contributed by atoms with van der Waals surface area (Å²) in [7, 11) is 1.71. The minimum Gasteiger partial charge on any atom is -0.384 e. The van der Waals surface area contributed by atoms with E-state index in [2.05, 4.69) is 0 Å². The Bertz CT molecular complexity index is 448. The van der Waals surface area contributed by atoms with Gasteiger partial charge in [-0.3, -0.25) is 0 Å². The smallest absolute Gasteiger partial charge is 0.147 e. The summed E-state index contributed by atoms with van der Waals surface area (Å²) < 4.78 is 19.0. The predicted octanol–water partition coefficient (Wildman–Crippen LogP) is 2.56. The van der Waals surface area contributed by atoms with Crippen molar-refractivity contribution in [1.82, 2.24) is 0 Å². The molecule has 0 spiro atoms. The third kappa shape index (κ3) is 2.80. The fraction of sp³-hybridized carbons (Fsp3) is 0.500. The lowest BCUT2D eigenvalue weighted by Gasteiger charge is -2.33. The molecule has 18 heavy (non-hydrogen) atoms. The summed E-state index contributed by atoms with van der Waals surface area (Å²) >= 11 is 0. The Hall–Kier alpha value is -1.60. The first-order valence-electron chi connectivity index (χ1n) is 6.18. The van der Waals surface area contributed by atoms with E-state index in [-0.39, 0.29) is 5.82 Å². The van der Waals surface area contributed by atoms with Crippen LogP contribution in [0.25, 0.3) is 0 Å². The zero-order chi connectivity index (χ0) is 13.0. The van der Waals surface area contributed by atoms with Crippen molar-refractivity contribution in [3.8, 4) is 6.07 Å². The molecule has 0 radical (unpaired) electrons. The second kappa shape index (κ2) is 5.83. The van der Waals surface area contributed by atoms with Crippen molar-refractivity contribution >= 4 is 5.69 Å². The average Bonchev–Trinajstić information content (AvgIpc) is 2.40. The molecule has 96 valence electrons. The highest BCUT2D eigenvalue weighted by Crippen LogP contribution is 2.26. The topological polar surface area (TPSA) is 36.3 Å². The van der Waals surface area contributed by atoms with E-state index in [1.807, 2.05) is 11.0 Å². The summed E-state index contributed by atoms with van der Waals surface area (Å²) in [6, 6.07) is 6.61. The fourth-order valence-electron chi connectivity index (χ4n) is 2.41. The lowest BCUT2D eigenvalue weighted by atomic mass is 9.97. The van der Waals surface area contributed by atoms with Crippen molar-refractivity contribution in [2.75, 3.05) is 31.7 Å². The van der Waals surface area contributed by atoms with Gasteiger partial charge < -0.3 is 9.64 Å². The Balaban J connectivity index is 2.04. The quantitative estimate of drug-likeness (QED) is 0.824. The van der Waals surface area contributed by atoms with Crippen molar-refractivity contribution in [2.45, 2.75) is 12.8 Å². The van der Waals surface area contributed by atoms with Crippen LogP contribution in [0.5, 0.6) is 0 Å². The van der Waals surface area contributed by atoms with Gasteiger partial charge in [0, 0.05) is 26.8 Å². The summed E-state index contributed by atoms with van der Waals surface area (Å²) in [5.74, 6) is 0.270. The van der Waals surface area contributed by atoms with Gasteiger partial charge in [0.25, 0.3) is 0 Å². The number of ether oxygens (including phenoxy) is 1. The van der Waals surface area contributed by atoms with Crippen LogP contribution < -0.4 is 4.90 Å². The SMILES string of the molecule is COCC1CCN(c2ccc(C#N)cc2F)CC1. The van der Waals surface area contributed by atoms with Crippen LogP contribution in [-0.2, 0) is 4.74 Å². The lowest BCUT2D eigenvalue weighted by Crippen LogP contribution is -2.35. The molecule has 0 aromatic heterocycles. The van der Waals surface area contributed by atoms with E-state index < -0.39 is 0 Å². The number of nitriles is 1. The van der Waals surface area contributed by atoms with Crippen molar-refractivity contribution in [3.05, 3.63) is 29.6 Å². The third-order valence-corrected chi connectivity index (χ3v) is 3.43. The van der Waals surface area contributed by atoms with E-state index in [1.54, 1.807) is 19.2 Å². The molecule has 0 bridgehead atoms.